The first-order chi connectivity index (χ1) is 12.5. The van der Waals surface area contributed by atoms with Crippen LogP contribution in [0.1, 0.15) is 16.7 Å². The van der Waals surface area contributed by atoms with Crippen molar-refractivity contribution in [2.24, 2.45) is 10.2 Å². The standard InChI is InChI=1S/C18H16N4O3S/c1-12-5-4-6-13(9-12)11-19-21-18-20-17(23)16(26-18)10-14-7-2-3-8-15(14)22(24)25/h2-9,11,16H,10H2,1H3,(H,20,21,23)/b19-11+. The first-order valence-electron chi connectivity index (χ1n) is 7.90. The largest absolute Gasteiger partial charge is 0.303 e. The molecular weight excluding hydrogens is 352 g/mol. The Kier molecular flexibility index (Phi) is 5.43. The van der Waals surface area contributed by atoms with Crippen LogP contribution in [0.5, 0.6) is 0 Å². The van der Waals surface area contributed by atoms with Gasteiger partial charge in [0.1, 0.15) is 0 Å². The molecule has 0 aliphatic carbocycles. The van der Waals surface area contributed by atoms with Crippen molar-refractivity contribution in [1.29, 1.82) is 0 Å². The van der Waals surface area contributed by atoms with Crippen molar-refractivity contribution in [1.82, 2.24) is 5.32 Å². The molecule has 1 aliphatic rings. The fourth-order valence-electron chi connectivity index (χ4n) is 2.55. The number of hydrogen-bond donors (Lipinski definition) is 1. The number of carbonyl (C=O) groups is 1. The Bertz CT molecular complexity index is 911. The number of para-hydroxylation sites is 1. The minimum atomic E-state index is -0.469. The Hall–Kier alpha value is -3.00. The van der Waals surface area contributed by atoms with Crippen LogP contribution < -0.4 is 5.32 Å². The van der Waals surface area contributed by atoms with Gasteiger partial charge in [-0.2, -0.15) is 5.10 Å². The van der Waals surface area contributed by atoms with E-state index in [0.29, 0.717) is 10.7 Å². The van der Waals surface area contributed by atoms with Crippen LogP contribution in [-0.4, -0.2) is 27.5 Å². The number of amides is 1. The van der Waals surface area contributed by atoms with E-state index < -0.39 is 10.2 Å². The van der Waals surface area contributed by atoms with Gasteiger partial charge in [0.05, 0.1) is 16.4 Å². The van der Waals surface area contributed by atoms with Crippen LogP contribution in [0.15, 0.2) is 58.7 Å². The predicted molar refractivity (Wildman–Crippen MR) is 103 cm³/mol. The number of thioether (sulfide) groups is 1. The number of nitro groups is 1. The van der Waals surface area contributed by atoms with E-state index in [1.165, 1.54) is 17.8 Å². The van der Waals surface area contributed by atoms with Crippen LogP contribution >= 0.6 is 11.8 Å². The molecule has 1 heterocycles. The number of benzene rings is 2. The van der Waals surface area contributed by atoms with Gasteiger partial charge >= 0.3 is 0 Å². The molecule has 0 radical (unpaired) electrons. The van der Waals surface area contributed by atoms with E-state index in [-0.39, 0.29) is 18.0 Å². The van der Waals surface area contributed by atoms with Crippen molar-refractivity contribution in [2.45, 2.75) is 18.6 Å². The van der Waals surface area contributed by atoms with E-state index in [0.717, 1.165) is 11.1 Å². The second-order valence-corrected chi connectivity index (χ2v) is 6.94. The molecule has 1 atom stereocenters. The van der Waals surface area contributed by atoms with E-state index in [2.05, 4.69) is 15.5 Å². The molecule has 1 unspecified atom stereocenters. The van der Waals surface area contributed by atoms with Gasteiger partial charge in [0.15, 0.2) is 5.17 Å². The topological polar surface area (TPSA) is 97.0 Å². The van der Waals surface area contributed by atoms with E-state index in [1.807, 2.05) is 31.2 Å². The monoisotopic (exact) mass is 368 g/mol. The molecule has 132 valence electrons. The Balaban J connectivity index is 1.68. The fraction of sp³-hybridized carbons (Fsp3) is 0.167. The van der Waals surface area contributed by atoms with Gasteiger partial charge in [-0.1, -0.05) is 59.8 Å². The summed E-state index contributed by atoms with van der Waals surface area (Å²) in [5.41, 5.74) is 2.58. The molecule has 1 aliphatic heterocycles. The summed E-state index contributed by atoms with van der Waals surface area (Å²) in [5.74, 6) is -0.224. The summed E-state index contributed by atoms with van der Waals surface area (Å²) in [6.07, 6.45) is 1.87. The van der Waals surface area contributed by atoms with Crippen molar-refractivity contribution in [3.8, 4) is 0 Å². The van der Waals surface area contributed by atoms with Crippen LogP contribution in [0.3, 0.4) is 0 Å². The van der Waals surface area contributed by atoms with E-state index >= 15 is 0 Å². The highest BCUT2D eigenvalue weighted by Gasteiger charge is 2.32. The summed E-state index contributed by atoms with van der Waals surface area (Å²) in [6.45, 7) is 1.99. The number of nitrogens with zero attached hydrogens (tertiary/aromatic N) is 3. The lowest BCUT2D eigenvalue weighted by atomic mass is 10.1. The molecule has 26 heavy (non-hydrogen) atoms. The van der Waals surface area contributed by atoms with E-state index in [4.69, 9.17) is 0 Å². The third-order valence-corrected chi connectivity index (χ3v) is 4.84. The highest BCUT2D eigenvalue weighted by molar-refractivity contribution is 8.15. The predicted octanol–water partition coefficient (Wildman–Crippen LogP) is 3.07. The number of rotatable bonds is 5. The molecule has 1 fully saturated rings. The zero-order valence-electron chi connectivity index (χ0n) is 14.0. The zero-order chi connectivity index (χ0) is 18.5. The number of amidine groups is 1. The number of nitrogens with one attached hydrogen (secondary N) is 1. The average Bonchev–Trinajstić information content (AvgIpc) is 2.95. The summed E-state index contributed by atoms with van der Waals surface area (Å²) >= 11 is 1.23. The van der Waals surface area contributed by atoms with Gasteiger partial charge in [-0.3, -0.25) is 14.9 Å². The average molecular weight is 368 g/mol. The number of carbonyl (C=O) groups excluding carboxylic acids is 1. The third-order valence-electron chi connectivity index (χ3n) is 3.77. The molecule has 0 saturated carbocycles. The van der Waals surface area contributed by atoms with Crippen LogP contribution in [-0.2, 0) is 11.2 Å². The van der Waals surface area contributed by atoms with Crippen LogP contribution in [0.25, 0.3) is 0 Å². The molecule has 0 bridgehead atoms. The number of nitro benzene ring substituents is 1. The van der Waals surface area contributed by atoms with Crippen molar-refractivity contribution >= 4 is 34.7 Å². The molecule has 1 saturated heterocycles. The molecule has 0 spiro atoms. The second-order valence-electron chi connectivity index (χ2n) is 5.75. The molecule has 1 N–H and O–H groups in total. The lowest BCUT2D eigenvalue weighted by Gasteiger charge is -2.05. The summed E-state index contributed by atoms with van der Waals surface area (Å²) in [4.78, 5) is 22.8. The number of aryl methyl sites for hydroxylation is 1. The highest BCUT2D eigenvalue weighted by Crippen LogP contribution is 2.27. The zero-order valence-corrected chi connectivity index (χ0v) is 14.8. The summed E-state index contributed by atoms with van der Waals surface area (Å²) in [7, 11) is 0. The maximum Gasteiger partial charge on any atom is 0.272 e. The first kappa shape index (κ1) is 17.8. The van der Waals surface area contributed by atoms with Gasteiger partial charge in [-0.05, 0) is 12.5 Å². The minimum Gasteiger partial charge on any atom is -0.303 e. The molecule has 3 rings (SSSR count). The van der Waals surface area contributed by atoms with Crippen molar-refractivity contribution in [2.75, 3.05) is 0 Å². The number of hydrogen-bond acceptors (Lipinski definition) is 6. The quantitative estimate of drug-likeness (QED) is 0.498. The maximum atomic E-state index is 12.1. The fourth-order valence-corrected chi connectivity index (χ4v) is 3.50. The summed E-state index contributed by atoms with van der Waals surface area (Å²) < 4.78 is 0. The molecule has 8 heteroatoms. The highest BCUT2D eigenvalue weighted by atomic mass is 32.2. The van der Waals surface area contributed by atoms with Crippen LogP contribution in [0.4, 0.5) is 5.69 Å². The minimum absolute atomic E-state index is 0.0174. The van der Waals surface area contributed by atoms with Gasteiger partial charge in [0.2, 0.25) is 5.91 Å². The third kappa shape index (κ3) is 4.34. The summed E-state index contributed by atoms with van der Waals surface area (Å²) in [6, 6.07) is 14.2. The van der Waals surface area contributed by atoms with Gasteiger partial charge in [-0.15, -0.1) is 5.10 Å². The van der Waals surface area contributed by atoms with E-state index in [1.54, 1.807) is 24.4 Å². The molecule has 2 aromatic rings. The van der Waals surface area contributed by atoms with Crippen molar-refractivity contribution in [3.63, 3.8) is 0 Å². The SMILES string of the molecule is Cc1cccc(/C=N/N=C2\NC(=O)C(Cc3ccccc3[N+](=O)[O-])S2)c1. The van der Waals surface area contributed by atoms with Crippen LogP contribution in [0, 0.1) is 17.0 Å². The van der Waals surface area contributed by atoms with Gasteiger partial charge in [-0.25, -0.2) is 0 Å². The normalized spacial score (nSPS) is 18.4. The molecule has 2 aromatic carbocycles. The first-order valence-corrected chi connectivity index (χ1v) is 8.78. The van der Waals surface area contributed by atoms with Crippen molar-refractivity contribution in [3.05, 3.63) is 75.3 Å². The lowest BCUT2D eigenvalue weighted by Crippen LogP contribution is -2.26. The Labute approximate surface area is 154 Å². The van der Waals surface area contributed by atoms with Gasteiger partial charge in [0.25, 0.3) is 5.69 Å². The van der Waals surface area contributed by atoms with E-state index in [9.17, 15) is 14.9 Å². The van der Waals surface area contributed by atoms with Crippen LogP contribution in [0.2, 0.25) is 0 Å². The van der Waals surface area contributed by atoms with Gasteiger partial charge < -0.3 is 5.32 Å². The van der Waals surface area contributed by atoms with Gasteiger partial charge in [0, 0.05) is 18.1 Å². The second kappa shape index (κ2) is 7.92. The lowest BCUT2D eigenvalue weighted by molar-refractivity contribution is -0.385. The summed E-state index contributed by atoms with van der Waals surface area (Å²) in [5, 5.41) is 21.7. The Morgan fingerprint density at radius 2 is 2.08 bits per heavy atom. The molecule has 1 amide bonds. The molecular formula is C18H16N4O3S. The molecule has 0 aromatic heterocycles. The Morgan fingerprint density at radius 1 is 1.27 bits per heavy atom. The molecule has 7 nitrogen and oxygen atoms in total. The maximum absolute atomic E-state index is 12.1. The Morgan fingerprint density at radius 3 is 2.85 bits per heavy atom. The van der Waals surface area contributed by atoms with Crippen molar-refractivity contribution < 1.29 is 9.72 Å². The smallest absolute Gasteiger partial charge is 0.272 e.